The molecule has 0 amide bonds. The highest BCUT2D eigenvalue weighted by Crippen LogP contribution is 2.61. The first-order valence-corrected chi connectivity index (χ1v) is 8.75. The van der Waals surface area contributed by atoms with Crippen molar-refractivity contribution in [2.75, 3.05) is 11.9 Å². The molecule has 0 saturated carbocycles. The third kappa shape index (κ3) is 3.65. The molecule has 22 heavy (non-hydrogen) atoms. The molecule has 1 aromatic rings. The predicted molar refractivity (Wildman–Crippen MR) is 78.0 cm³/mol. The summed E-state index contributed by atoms with van der Waals surface area (Å²) in [5.41, 5.74) is -1.13. The molecule has 124 valence electrons. The second-order valence-corrected chi connectivity index (χ2v) is 7.38. The van der Waals surface area contributed by atoms with Gasteiger partial charge in [-0.1, -0.05) is 6.92 Å². The van der Waals surface area contributed by atoms with Crippen molar-refractivity contribution in [2.45, 2.75) is 44.6 Å². The zero-order valence-electron chi connectivity index (χ0n) is 12.4. The van der Waals surface area contributed by atoms with Crippen LogP contribution in [0, 0.1) is 0 Å². The van der Waals surface area contributed by atoms with Gasteiger partial charge in [0, 0.05) is 12.2 Å². The summed E-state index contributed by atoms with van der Waals surface area (Å²) in [6, 6.07) is 3.20. The van der Waals surface area contributed by atoms with E-state index in [1.807, 2.05) is 6.92 Å². The maximum absolute atomic E-state index is 12.9. The topological polar surface area (TPSA) is 58.6 Å². The van der Waals surface area contributed by atoms with Crippen LogP contribution >= 0.6 is 7.60 Å². The van der Waals surface area contributed by atoms with Gasteiger partial charge in [0.1, 0.15) is 0 Å². The normalized spacial score (nSPS) is 22.4. The lowest BCUT2D eigenvalue weighted by Crippen LogP contribution is -2.20. The van der Waals surface area contributed by atoms with E-state index in [1.165, 1.54) is 6.07 Å². The fourth-order valence-corrected chi connectivity index (χ4v) is 4.25. The Morgan fingerprint density at radius 1 is 1.50 bits per heavy atom. The number of hydrogen-bond acceptors (Lipinski definition) is 3. The van der Waals surface area contributed by atoms with E-state index in [-0.39, 0.29) is 12.0 Å². The Kier molecular flexibility index (Phi) is 4.90. The lowest BCUT2D eigenvalue weighted by atomic mass is 10.00. The minimum Gasteiger partial charge on any atom is -0.385 e. The quantitative estimate of drug-likeness (QED) is 0.791. The second kappa shape index (κ2) is 6.22. The van der Waals surface area contributed by atoms with Gasteiger partial charge in [-0.2, -0.15) is 13.2 Å². The molecule has 0 fully saturated rings. The Labute approximate surface area is 127 Å². The molecule has 1 aliphatic heterocycles. The molecule has 0 saturated heterocycles. The Bertz CT molecular complexity index is 591. The smallest absolute Gasteiger partial charge is 0.385 e. The minimum atomic E-state index is -4.49. The molecule has 4 nitrogen and oxygen atoms in total. The Morgan fingerprint density at radius 2 is 2.18 bits per heavy atom. The molecule has 3 atom stereocenters. The highest BCUT2D eigenvalue weighted by molar-refractivity contribution is 7.53. The number of rotatable bonds is 4. The van der Waals surface area contributed by atoms with Gasteiger partial charge in [0.25, 0.3) is 0 Å². The molecule has 1 heterocycles. The van der Waals surface area contributed by atoms with Crippen molar-refractivity contribution >= 4 is 13.3 Å². The minimum absolute atomic E-state index is 0.190. The van der Waals surface area contributed by atoms with Crippen LogP contribution < -0.4 is 5.32 Å². The van der Waals surface area contributed by atoms with Gasteiger partial charge >= 0.3 is 13.8 Å². The Balaban J connectivity index is 2.40. The van der Waals surface area contributed by atoms with Crippen LogP contribution in [0.15, 0.2) is 18.2 Å². The highest BCUT2D eigenvalue weighted by atomic mass is 31.2. The third-order valence-corrected chi connectivity index (χ3v) is 5.76. The molecule has 2 N–H and O–H groups in total. The zero-order chi connectivity index (χ0) is 16.5. The molecule has 0 aliphatic carbocycles. The maximum Gasteiger partial charge on any atom is 0.416 e. The van der Waals surface area contributed by atoms with E-state index < -0.39 is 31.1 Å². The van der Waals surface area contributed by atoms with E-state index in [4.69, 9.17) is 4.52 Å². The monoisotopic (exact) mass is 337 g/mol. The lowest BCUT2D eigenvalue weighted by molar-refractivity contribution is -0.137. The lowest BCUT2D eigenvalue weighted by Gasteiger charge is -2.31. The first kappa shape index (κ1) is 17.3. The van der Waals surface area contributed by atoms with Crippen molar-refractivity contribution in [3.63, 3.8) is 0 Å². The summed E-state index contributed by atoms with van der Waals surface area (Å²) < 4.78 is 56.3. The van der Waals surface area contributed by atoms with Gasteiger partial charge in [-0.05, 0) is 43.5 Å². The fraction of sp³-hybridized carbons (Fsp3) is 0.571. The molecule has 2 rings (SSSR count). The molecule has 3 unspecified atom stereocenters. The highest BCUT2D eigenvalue weighted by Gasteiger charge is 2.40. The molecule has 0 bridgehead atoms. The van der Waals surface area contributed by atoms with E-state index in [0.717, 1.165) is 12.1 Å². The van der Waals surface area contributed by atoms with Gasteiger partial charge in [0.2, 0.25) is 0 Å². The Morgan fingerprint density at radius 3 is 2.77 bits per heavy atom. The number of halogens is 3. The van der Waals surface area contributed by atoms with E-state index in [9.17, 15) is 22.6 Å². The first-order chi connectivity index (χ1) is 10.1. The van der Waals surface area contributed by atoms with Crippen molar-refractivity contribution < 1.29 is 27.2 Å². The largest absolute Gasteiger partial charge is 0.416 e. The zero-order valence-corrected chi connectivity index (χ0v) is 13.2. The molecule has 0 radical (unpaired) electrons. The van der Waals surface area contributed by atoms with Crippen LogP contribution in [-0.2, 0) is 15.3 Å². The standard InChI is InChI=1S/C14H19F3NO3P/c1-3-9(2)21-22(19,20)13-6-7-18-12-5-4-10(8-11(12)13)14(15,16)17/h4-5,8-9,13,18H,3,6-7H2,1-2H3,(H,19,20). The van der Waals surface area contributed by atoms with Crippen LogP contribution in [0.1, 0.15) is 43.5 Å². The van der Waals surface area contributed by atoms with Crippen LogP contribution in [0.5, 0.6) is 0 Å². The van der Waals surface area contributed by atoms with E-state index in [1.54, 1.807) is 6.92 Å². The van der Waals surface area contributed by atoms with E-state index >= 15 is 0 Å². The van der Waals surface area contributed by atoms with Crippen molar-refractivity contribution in [1.82, 2.24) is 0 Å². The molecule has 1 aliphatic rings. The summed E-state index contributed by atoms with van der Waals surface area (Å²) in [7, 11) is -4.05. The van der Waals surface area contributed by atoms with Crippen LogP contribution in [0.25, 0.3) is 0 Å². The summed E-state index contributed by atoms with van der Waals surface area (Å²) in [6.45, 7) is 3.89. The number of nitrogens with one attached hydrogen (secondary N) is 1. The van der Waals surface area contributed by atoms with E-state index in [0.29, 0.717) is 18.7 Å². The van der Waals surface area contributed by atoms with Gasteiger partial charge in [-0.3, -0.25) is 4.57 Å². The number of fused-ring (bicyclic) bond motifs is 1. The number of anilines is 1. The SMILES string of the molecule is CCC(C)OP(=O)(O)C1CCNc2ccc(C(F)(F)F)cc21. The van der Waals surface area contributed by atoms with Gasteiger partial charge in [0.05, 0.1) is 17.3 Å². The number of alkyl halides is 3. The molecular formula is C14H19F3NO3P. The second-order valence-electron chi connectivity index (χ2n) is 5.42. The average Bonchev–Trinajstić information content (AvgIpc) is 2.44. The van der Waals surface area contributed by atoms with Crippen molar-refractivity contribution in [2.24, 2.45) is 0 Å². The Hall–Kier alpha value is -1.04. The van der Waals surface area contributed by atoms with Gasteiger partial charge in [-0.15, -0.1) is 0 Å². The maximum atomic E-state index is 12.9. The average molecular weight is 337 g/mol. The van der Waals surface area contributed by atoms with Gasteiger partial charge in [0.15, 0.2) is 0 Å². The van der Waals surface area contributed by atoms with Crippen molar-refractivity contribution in [3.8, 4) is 0 Å². The molecule has 0 spiro atoms. The summed E-state index contributed by atoms with van der Waals surface area (Å²) in [6.07, 6.45) is -4.13. The van der Waals surface area contributed by atoms with E-state index in [2.05, 4.69) is 5.32 Å². The van der Waals surface area contributed by atoms with Crippen molar-refractivity contribution in [3.05, 3.63) is 29.3 Å². The summed E-state index contributed by atoms with van der Waals surface area (Å²) >= 11 is 0. The molecule has 0 aromatic heterocycles. The fourth-order valence-electron chi connectivity index (χ4n) is 2.42. The van der Waals surface area contributed by atoms with Gasteiger partial charge < -0.3 is 14.7 Å². The van der Waals surface area contributed by atoms with Gasteiger partial charge in [-0.25, -0.2) is 0 Å². The summed E-state index contributed by atoms with van der Waals surface area (Å²) in [4.78, 5) is 10.2. The molecular weight excluding hydrogens is 318 g/mol. The first-order valence-electron chi connectivity index (χ1n) is 7.11. The number of benzene rings is 1. The van der Waals surface area contributed by atoms with Crippen LogP contribution in [0.3, 0.4) is 0 Å². The summed E-state index contributed by atoms with van der Waals surface area (Å²) in [5.74, 6) is 0. The molecule has 8 heteroatoms. The number of hydrogen-bond donors (Lipinski definition) is 2. The van der Waals surface area contributed by atoms with Crippen LogP contribution in [-0.4, -0.2) is 17.5 Å². The summed E-state index contributed by atoms with van der Waals surface area (Å²) in [5, 5.41) is 2.96. The van der Waals surface area contributed by atoms with Crippen LogP contribution in [0.4, 0.5) is 18.9 Å². The predicted octanol–water partition coefficient (Wildman–Crippen LogP) is 4.56. The molecule has 1 aromatic carbocycles. The van der Waals surface area contributed by atoms with Crippen LogP contribution in [0.2, 0.25) is 0 Å². The van der Waals surface area contributed by atoms with Crippen molar-refractivity contribution in [1.29, 1.82) is 0 Å². The third-order valence-electron chi connectivity index (χ3n) is 3.77.